The highest BCUT2D eigenvalue weighted by Crippen LogP contribution is 2.23. The molecule has 0 aliphatic heterocycles. The van der Waals surface area contributed by atoms with Gasteiger partial charge in [-0.05, 0) is 43.1 Å². The molecule has 4 nitrogen and oxygen atoms in total. The van der Waals surface area contributed by atoms with E-state index in [1.807, 2.05) is 67.6 Å². The molecule has 0 radical (unpaired) electrons. The highest BCUT2D eigenvalue weighted by atomic mass is 16.4. The van der Waals surface area contributed by atoms with Crippen LogP contribution >= 0.6 is 0 Å². The molecule has 3 atom stereocenters. The largest absolute Gasteiger partial charge is 0.481 e. The number of benzene rings is 1. The standard InChI is InChI=1S/C27H37NO3/c1-4-7-8-10-14-22(5-2)18-19-24(6-3)25(27(30)31)21-26(29)28-20-13-17-23-15-11-9-12-16-23/h5,7-9,11-13,15-19,22,24-25H,2,4,6,10,14,20-21H2,1,3H3,(H,28,29)(H,30,31)/b8-7?,17-13+,19-18?. The molecule has 0 aromatic heterocycles. The Labute approximate surface area is 187 Å². The molecule has 0 aliphatic rings. The summed E-state index contributed by atoms with van der Waals surface area (Å²) in [5.74, 6) is -1.93. The van der Waals surface area contributed by atoms with E-state index in [2.05, 4.69) is 31.0 Å². The van der Waals surface area contributed by atoms with Crippen molar-refractivity contribution in [3.8, 4) is 0 Å². The third-order valence-corrected chi connectivity index (χ3v) is 5.21. The van der Waals surface area contributed by atoms with Crippen molar-refractivity contribution in [1.82, 2.24) is 5.32 Å². The maximum absolute atomic E-state index is 12.3. The predicted molar refractivity (Wildman–Crippen MR) is 130 cm³/mol. The topological polar surface area (TPSA) is 66.4 Å². The number of hydrogen-bond donors (Lipinski definition) is 2. The molecular formula is C27H37NO3. The fourth-order valence-corrected chi connectivity index (χ4v) is 3.33. The van der Waals surface area contributed by atoms with Crippen molar-refractivity contribution < 1.29 is 14.7 Å². The number of carboxylic acid groups (broad SMARTS) is 1. The lowest BCUT2D eigenvalue weighted by molar-refractivity contribution is -0.145. The number of carbonyl (C=O) groups is 2. The maximum Gasteiger partial charge on any atom is 0.307 e. The summed E-state index contributed by atoms with van der Waals surface area (Å²) in [4.78, 5) is 24.2. The van der Waals surface area contributed by atoms with Crippen molar-refractivity contribution in [2.75, 3.05) is 6.54 Å². The van der Waals surface area contributed by atoms with Crippen molar-refractivity contribution in [2.45, 2.75) is 46.0 Å². The molecule has 168 valence electrons. The van der Waals surface area contributed by atoms with Gasteiger partial charge in [0.05, 0.1) is 5.92 Å². The van der Waals surface area contributed by atoms with Crippen LogP contribution in [0.15, 0.2) is 73.4 Å². The van der Waals surface area contributed by atoms with Crippen molar-refractivity contribution in [1.29, 1.82) is 0 Å². The van der Waals surface area contributed by atoms with E-state index in [4.69, 9.17) is 0 Å². The summed E-state index contributed by atoms with van der Waals surface area (Å²) in [6, 6.07) is 9.81. The van der Waals surface area contributed by atoms with Crippen LogP contribution in [0.4, 0.5) is 0 Å². The van der Waals surface area contributed by atoms with Gasteiger partial charge in [-0.1, -0.05) is 86.7 Å². The Hall–Kier alpha value is -2.88. The van der Waals surface area contributed by atoms with Crippen LogP contribution in [-0.2, 0) is 9.59 Å². The van der Waals surface area contributed by atoms with Crippen LogP contribution in [0.25, 0.3) is 6.08 Å². The van der Waals surface area contributed by atoms with Crippen LogP contribution in [0.1, 0.15) is 51.5 Å². The molecule has 1 aromatic rings. The number of allylic oxidation sites excluding steroid dienone is 5. The average molecular weight is 424 g/mol. The van der Waals surface area contributed by atoms with Gasteiger partial charge in [0.25, 0.3) is 0 Å². The molecule has 1 rings (SSSR count). The Morgan fingerprint density at radius 2 is 1.84 bits per heavy atom. The first-order valence-electron chi connectivity index (χ1n) is 11.2. The van der Waals surface area contributed by atoms with Crippen LogP contribution < -0.4 is 5.32 Å². The fraction of sp³-hybridized carbons (Fsp3) is 0.407. The van der Waals surface area contributed by atoms with E-state index in [0.717, 1.165) is 24.8 Å². The Bertz CT molecular complexity index is 749. The van der Waals surface area contributed by atoms with Crippen LogP contribution in [0.3, 0.4) is 0 Å². The van der Waals surface area contributed by atoms with Gasteiger partial charge in [0, 0.05) is 13.0 Å². The third-order valence-electron chi connectivity index (χ3n) is 5.21. The van der Waals surface area contributed by atoms with Crippen molar-refractivity contribution in [2.24, 2.45) is 17.8 Å². The first kappa shape index (κ1) is 26.2. The van der Waals surface area contributed by atoms with E-state index in [0.29, 0.717) is 13.0 Å². The lowest BCUT2D eigenvalue weighted by Gasteiger charge is -2.20. The van der Waals surface area contributed by atoms with Crippen LogP contribution in [0.2, 0.25) is 0 Å². The first-order valence-corrected chi connectivity index (χ1v) is 11.2. The number of rotatable bonds is 15. The molecule has 0 saturated carbocycles. The summed E-state index contributed by atoms with van der Waals surface area (Å²) in [7, 11) is 0. The van der Waals surface area contributed by atoms with Gasteiger partial charge >= 0.3 is 5.97 Å². The first-order chi connectivity index (χ1) is 15.0. The number of aliphatic carboxylic acids is 1. The van der Waals surface area contributed by atoms with Crippen LogP contribution in [0, 0.1) is 17.8 Å². The molecule has 1 amide bonds. The zero-order chi connectivity index (χ0) is 22.9. The van der Waals surface area contributed by atoms with Gasteiger partial charge in [0.1, 0.15) is 0 Å². The van der Waals surface area contributed by atoms with E-state index < -0.39 is 11.9 Å². The Morgan fingerprint density at radius 1 is 1.10 bits per heavy atom. The van der Waals surface area contributed by atoms with Gasteiger partial charge in [-0.25, -0.2) is 0 Å². The van der Waals surface area contributed by atoms with Crippen molar-refractivity contribution in [3.63, 3.8) is 0 Å². The Balaban J connectivity index is 2.62. The number of nitrogens with one attached hydrogen (secondary N) is 1. The smallest absolute Gasteiger partial charge is 0.307 e. The quantitative estimate of drug-likeness (QED) is 0.338. The summed E-state index contributed by atoms with van der Waals surface area (Å²) < 4.78 is 0. The Kier molecular flexibility index (Phi) is 13.4. The van der Waals surface area contributed by atoms with E-state index in [9.17, 15) is 14.7 Å². The van der Waals surface area contributed by atoms with Gasteiger partial charge in [0.15, 0.2) is 0 Å². The molecule has 0 aliphatic carbocycles. The number of amides is 1. The SMILES string of the molecule is C=CC(C=CC(CC)C(CC(=O)NC/C=C/c1ccccc1)C(=O)O)CCC=CCC. The minimum absolute atomic E-state index is 0.0324. The zero-order valence-corrected chi connectivity index (χ0v) is 18.9. The van der Waals surface area contributed by atoms with E-state index >= 15 is 0 Å². The zero-order valence-electron chi connectivity index (χ0n) is 18.9. The molecule has 31 heavy (non-hydrogen) atoms. The molecule has 1 aromatic carbocycles. The second-order valence-electron chi connectivity index (χ2n) is 7.58. The highest BCUT2D eigenvalue weighted by molar-refractivity contribution is 5.82. The van der Waals surface area contributed by atoms with Gasteiger partial charge in [0.2, 0.25) is 5.91 Å². The fourth-order valence-electron chi connectivity index (χ4n) is 3.33. The van der Waals surface area contributed by atoms with Gasteiger partial charge in [-0.2, -0.15) is 0 Å². The average Bonchev–Trinajstić information content (AvgIpc) is 2.78. The Morgan fingerprint density at radius 3 is 2.45 bits per heavy atom. The summed E-state index contributed by atoms with van der Waals surface area (Å²) in [6.07, 6.45) is 17.6. The number of hydrogen-bond acceptors (Lipinski definition) is 2. The molecule has 0 heterocycles. The lowest BCUT2D eigenvalue weighted by Crippen LogP contribution is -2.31. The third kappa shape index (κ3) is 11.2. The predicted octanol–water partition coefficient (Wildman–Crippen LogP) is 6.04. The van der Waals surface area contributed by atoms with Gasteiger partial charge in [-0.15, -0.1) is 6.58 Å². The summed E-state index contributed by atoms with van der Waals surface area (Å²) >= 11 is 0. The summed E-state index contributed by atoms with van der Waals surface area (Å²) in [5.41, 5.74) is 1.05. The van der Waals surface area contributed by atoms with Crippen LogP contribution in [0.5, 0.6) is 0 Å². The molecule has 4 heteroatoms. The van der Waals surface area contributed by atoms with E-state index in [1.165, 1.54) is 0 Å². The van der Waals surface area contributed by atoms with Crippen molar-refractivity contribution in [3.05, 3.63) is 78.9 Å². The molecule has 3 unspecified atom stereocenters. The summed E-state index contributed by atoms with van der Waals surface area (Å²) in [6.45, 7) is 8.33. The lowest BCUT2D eigenvalue weighted by atomic mass is 9.85. The molecule has 0 fully saturated rings. The molecular weight excluding hydrogens is 386 g/mol. The number of carbonyl (C=O) groups excluding carboxylic acids is 1. The van der Waals surface area contributed by atoms with Crippen LogP contribution in [-0.4, -0.2) is 23.5 Å². The minimum atomic E-state index is -0.937. The molecule has 2 N–H and O–H groups in total. The summed E-state index contributed by atoms with van der Waals surface area (Å²) in [5, 5.41) is 12.5. The van der Waals surface area contributed by atoms with Gasteiger partial charge < -0.3 is 10.4 Å². The van der Waals surface area contributed by atoms with Gasteiger partial charge in [-0.3, -0.25) is 9.59 Å². The van der Waals surface area contributed by atoms with E-state index in [-0.39, 0.29) is 24.2 Å². The molecule has 0 bridgehead atoms. The second-order valence-corrected chi connectivity index (χ2v) is 7.58. The highest BCUT2D eigenvalue weighted by Gasteiger charge is 2.27. The van der Waals surface area contributed by atoms with Crippen molar-refractivity contribution >= 4 is 18.0 Å². The maximum atomic E-state index is 12.3. The molecule has 0 spiro atoms. The minimum Gasteiger partial charge on any atom is -0.481 e. The normalized spacial score (nSPS) is 14.6. The second kappa shape index (κ2) is 15.9. The van der Waals surface area contributed by atoms with E-state index in [1.54, 1.807) is 0 Å². The number of carboxylic acids is 1. The molecule has 0 saturated heterocycles. The monoisotopic (exact) mass is 423 g/mol.